The number of hydrogen-bond donors (Lipinski definition) is 1. The summed E-state index contributed by atoms with van der Waals surface area (Å²) in [5.74, 6) is 0.908. The van der Waals surface area contributed by atoms with Crippen molar-refractivity contribution in [3.63, 3.8) is 0 Å². The number of carbonyl (C=O) groups excluding carboxylic acids is 2. The van der Waals surface area contributed by atoms with Gasteiger partial charge in [0.05, 0.1) is 6.54 Å². The minimum absolute atomic E-state index is 0.0619. The minimum Gasteiger partial charge on any atom is -0.348 e. The third-order valence-corrected chi connectivity index (χ3v) is 5.24. The van der Waals surface area contributed by atoms with Crippen molar-refractivity contribution in [3.8, 4) is 0 Å². The molecular weight excluding hydrogens is 320 g/mol. The molecular formula is C18H28N4O3. The summed E-state index contributed by atoms with van der Waals surface area (Å²) < 4.78 is 5.16. The Bertz CT molecular complexity index is 607. The lowest BCUT2D eigenvalue weighted by Crippen LogP contribution is -2.44. The zero-order valence-corrected chi connectivity index (χ0v) is 15.2. The largest absolute Gasteiger partial charge is 0.348 e. The second kappa shape index (κ2) is 7.97. The summed E-state index contributed by atoms with van der Waals surface area (Å²) in [6.45, 7) is 5.88. The van der Waals surface area contributed by atoms with Crippen molar-refractivity contribution in [2.24, 2.45) is 11.8 Å². The molecule has 1 aliphatic heterocycles. The molecule has 138 valence electrons. The first-order valence-electron chi connectivity index (χ1n) is 9.45. The van der Waals surface area contributed by atoms with Gasteiger partial charge in [0.1, 0.15) is 0 Å². The Balaban J connectivity index is 1.59. The highest BCUT2D eigenvalue weighted by atomic mass is 16.5. The maximum Gasteiger partial charge on any atom is 0.229 e. The number of nitrogens with zero attached hydrogens (tertiary/aromatic N) is 3. The summed E-state index contributed by atoms with van der Waals surface area (Å²) in [6, 6.07) is 0. The number of amides is 2. The molecule has 2 heterocycles. The van der Waals surface area contributed by atoms with Crippen LogP contribution in [0.15, 0.2) is 4.52 Å². The number of likely N-dealkylation sites (tertiary alicyclic amines) is 1. The number of carbonyl (C=O) groups is 2. The van der Waals surface area contributed by atoms with Crippen molar-refractivity contribution < 1.29 is 14.1 Å². The molecule has 2 atom stereocenters. The summed E-state index contributed by atoms with van der Waals surface area (Å²) in [6.07, 6.45) is 5.77. The zero-order chi connectivity index (χ0) is 17.8. The third-order valence-electron chi connectivity index (χ3n) is 5.24. The highest BCUT2D eigenvalue weighted by Gasteiger charge is 2.38. The van der Waals surface area contributed by atoms with E-state index < -0.39 is 0 Å². The third kappa shape index (κ3) is 4.19. The van der Waals surface area contributed by atoms with Crippen molar-refractivity contribution in [3.05, 3.63) is 11.7 Å². The van der Waals surface area contributed by atoms with E-state index in [2.05, 4.69) is 15.5 Å². The molecule has 0 bridgehead atoms. The van der Waals surface area contributed by atoms with Crippen molar-refractivity contribution >= 4 is 11.8 Å². The first-order chi connectivity index (χ1) is 12.1. The SMILES string of the molecule is CC(C)c1nc(CNC(=O)[C@@H]2CCCC[C@@H]2C(=O)N2CCCC2)no1. The molecule has 2 amide bonds. The maximum absolute atomic E-state index is 12.8. The van der Waals surface area contributed by atoms with Crippen LogP contribution in [0.3, 0.4) is 0 Å². The van der Waals surface area contributed by atoms with Crippen LogP contribution in [0.5, 0.6) is 0 Å². The molecule has 1 aliphatic carbocycles. The quantitative estimate of drug-likeness (QED) is 0.881. The molecule has 0 aromatic carbocycles. The molecule has 1 aromatic heterocycles. The van der Waals surface area contributed by atoms with Gasteiger partial charge < -0.3 is 14.7 Å². The highest BCUT2D eigenvalue weighted by Crippen LogP contribution is 2.32. The molecule has 7 nitrogen and oxygen atoms in total. The van der Waals surface area contributed by atoms with Crippen LogP contribution in [0.1, 0.15) is 70.0 Å². The molecule has 0 spiro atoms. The van der Waals surface area contributed by atoms with Gasteiger partial charge in [-0.3, -0.25) is 9.59 Å². The number of aromatic nitrogens is 2. The van der Waals surface area contributed by atoms with Crippen LogP contribution < -0.4 is 5.32 Å². The smallest absolute Gasteiger partial charge is 0.229 e. The summed E-state index contributed by atoms with van der Waals surface area (Å²) in [4.78, 5) is 31.7. The molecule has 2 fully saturated rings. The maximum atomic E-state index is 12.8. The minimum atomic E-state index is -0.238. The highest BCUT2D eigenvalue weighted by molar-refractivity contribution is 5.88. The van der Waals surface area contributed by atoms with E-state index in [4.69, 9.17) is 4.52 Å². The van der Waals surface area contributed by atoms with E-state index in [1.807, 2.05) is 18.7 Å². The molecule has 0 unspecified atom stereocenters. The standard InChI is InChI=1S/C18H28N4O3/c1-12(2)17-20-15(21-25-17)11-19-16(23)13-7-3-4-8-14(13)18(24)22-9-5-6-10-22/h12-14H,3-11H2,1-2H3,(H,19,23)/t13-,14+/m1/s1. The Labute approximate surface area is 148 Å². The molecule has 3 rings (SSSR count). The Morgan fingerprint density at radius 1 is 1.16 bits per heavy atom. The van der Waals surface area contributed by atoms with Gasteiger partial charge in [0.25, 0.3) is 0 Å². The molecule has 1 saturated carbocycles. The van der Waals surface area contributed by atoms with E-state index >= 15 is 0 Å². The van der Waals surface area contributed by atoms with E-state index in [1.165, 1.54) is 0 Å². The molecule has 2 aliphatic rings. The van der Waals surface area contributed by atoms with Crippen LogP contribution in [0.25, 0.3) is 0 Å². The number of hydrogen-bond acceptors (Lipinski definition) is 5. The normalized spacial score (nSPS) is 23.9. The van der Waals surface area contributed by atoms with E-state index in [1.54, 1.807) is 0 Å². The van der Waals surface area contributed by atoms with Gasteiger partial charge in [0.15, 0.2) is 5.82 Å². The van der Waals surface area contributed by atoms with Crippen molar-refractivity contribution in [1.29, 1.82) is 0 Å². The monoisotopic (exact) mass is 348 g/mol. The molecule has 1 N–H and O–H groups in total. The van der Waals surface area contributed by atoms with Crippen molar-refractivity contribution in [2.45, 2.75) is 64.8 Å². The number of nitrogens with one attached hydrogen (secondary N) is 1. The molecule has 7 heteroatoms. The van der Waals surface area contributed by atoms with Gasteiger partial charge in [-0.05, 0) is 25.7 Å². The van der Waals surface area contributed by atoms with Gasteiger partial charge in [-0.2, -0.15) is 4.98 Å². The summed E-state index contributed by atoms with van der Waals surface area (Å²) >= 11 is 0. The Kier molecular flexibility index (Phi) is 5.71. The zero-order valence-electron chi connectivity index (χ0n) is 15.2. The lowest BCUT2D eigenvalue weighted by atomic mass is 9.78. The average molecular weight is 348 g/mol. The fourth-order valence-corrected chi connectivity index (χ4v) is 3.78. The van der Waals surface area contributed by atoms with E-state index in [0.29, 0.717) is 11.7 Å². The van der Waals surface area contributed by atoms with Crippen molar-refractivity contribution in [1.82, 2.24) is 20.4 Å². The summed E-state index contributed by atoms with van der Waals surface area (Å²) in [5.41, 5.74) is 0. The van der Waals surface area contributed by atoms with Crippen LogP contribution in [-0.2, 0) is 16.1 Å². The van der Waals surface area contributed by atoms with E-state index in [9.17, 15) is 9.59 Å². The molecule has 25 heavy (non-hydrogen) atoms. The summed E-state index contributed by atoms with van der Waals surface area (Å²) in [5, 5.41) is 6.80. The van der Waals surface area contributed by atoms with Gasteiger partial charge in [-0.25, -0.2) is 0 Å². The van der Waals surface area contributed by atoms with Gasteiger partial charge in [-0.15, -0.1) is 0 Å². The Morgan fingerprint density at radius 3 is 2.48 bits per heavy atom. The van der Waals surface area contributed by atoms with Gasteiger partial charge in [-0.1, -0.05) is 31.8 Å². The first-order valence-corrected chi connectivity index (χ1v) is 9.45. The lowest BCUT2D eigenvalue weighted by Gasteiger charge is -2.32. The second-order valence-corrected chi connectivity index (χ2v) is 7.45. The number of rotatable bonds is 5. The Morgan fingerprint density at radius 2 is 1.84 bits per heavy atom. The van der Waals surface area contributed by atoms with E-state index in [-0.39, 0.29) is 36.1 Å². The Hall–Kier alpha value is -1.92. The molecule has 1 aromatic rings. The first kappa shape index (κ1) is 17.9. The van der Waals surface area contributed by atoms with Gasteiger partial charge in [0, 0.05) is 30.8 Å². The van der Waals surface area contributed by atoms with Crippen LogP contribution in [0, 0.1) is 11.8 Å². The van der Waals surface area contributed by atoms with Crippen molar-refractivity contribution in [2.75, 3.05) is 13.1 Å². The van der Waals surface area contributed by atoms with Crippen LogP contribution in [-0.4, -0.2) is 39.9 Å². The predicted octanol–water partition coefficient (Wildman–Crippen LogP) is 2.24. The van der Waals surface area contributed by atoms with E-state index in [0.717, 1.165) is 51.6 Å². The molecule has 1 saturated heterocycles. The van der Waals surface area contributed by atoms with Crippen LogP contribution in [0.2, 0.25) is 0 Å². The fraction of sp³-hybridized carbons (Fsp3) is 0.778. The van der Waals surface area contributed by atoms with Crippen LogP contribution >= 0.6 is 0 Å². The summed E-state index contributed by atoms with van der Waals surface area (Å²) in [7, 11) is 0. The fourth-order valence-electron chi connectivity index (χ4n) is 3.78. The topological polar surface area (TPSA) is 88.3 Å². The van der Waals surface area contributed by atoms with Gasteiger partial charge in [0.2, 0.25) is 17.7 Å². The predicted molar refractivity (Wildman–Crippen MR) is 91.5 cm³/mol. The lowest BCUT2D eigenvalue weighted by molar-refractivity contribution is -0.142. The average Bonchev–Trinajstić information content (AvgIpc) is 3.30. The molecule has 0 radical (unpaired) electrons. The van der Waals surface area contributed by atoms with Gasteiger partial charge >= 0.3 is 0 Å². The second-order valence-electron chi connectivity index (χ2n) is 7.45. The van der Waals surface area contributed by atoms with Crippen LogP contribution in [0.4, 0.5) is 0 Å².